The van der Waals surface area contributed by atoms with Gasteiger partial charge in [-0.05, 0) is 52.2 Å². The third kappa shape index (κ3) is 10.4. The van der Waals surface area contributed by atoms with E-state index in [0.29, 0.717) is 31.9 Å². The van der Waals surface area contributed by atoms with Crippen molar-refractivity contribution in [1.29, 1.82) is 0 Å². The van der Waals surface area contributed by atoms with Crippen molar-refractivity contribution in [2.75, 3.05) is 57.9 Å². The van der Waals surface area contributed by atoms with E-state index in [4.69, 9.17) is 19.2 Å². The van der Waals surface area contributed by atoms with Crippen LogP contribution in [0.1, 0.15) is 70.3 Å². The van der Waals surface area contributed by atoms with E-state index in [2.05, 4.69) is 10.2 Å². The van der Waals surface area contributed by atoms with Crippen LogP contribution in [0, 0.1) is 0 Å². The van der Waals surface area contributed by atoms with E-state index in [1.807, 2.05) is 43.3 Å². The number of piperazine rings is 1. The molecule has 2 fully saturated rings. The molecule has 2 saturated heterocycles. The summed E-state index contributed by atoms with van der Waals surface area (Å²) in [6, 6.07) is 12.3. The van der Waals surface area contributed by atoms with Gasteiger partial charge in [0.15, 0.2) is 0 Å². The maximum Gasteiger partial charge on any atom is 0.409 e. The number of carbonyl (C=O) groups is 4. The zero-order valence-electron chi connectivity index (χ0n) is 28.3. The van der Waals surface area contributed by atoms with Gasteiger partial charge in [-0.2, -0.15) is 0 Å². The van der Waals surface area contributed by atoms with Crippen molar-refractivity contribution >= 4 is 29.6 Å². The molecule has 1 N–H and O–H groups in total. The molecule has 12 heteroatoms. The highest BCUT2D eigenvalue weighted by Gasteiger charge is 2.32. The second-order valence-corrected chi connectivity index (χ2v) is 13.0. The van der Waals surface area contributed by atoms with Gasteiger partial charge in [0.05, 0.1) is 18.4 Å². The SMILES string of the molecule is CCCCOC(=O)N1CCN(C(=O)[C@H](CCC(=O)OC(C)(C)C)NC(=O)c2cc(N3CC[C@H](OC)C3)cc(-c3ccccc3)n2)CC1. The molecule has 2 aliphatic rings. The summed E-state index contributed by atoms with van der Waals surface area (Å²) in [5, 5.41) is 2.88. The van der Waals surface area contributed by atoms with Crippen LogP contribution in [0.2, 0.25) is 0 Å². The monoisotopic (exact) mass is 651 g/mol. The van der Waals surface area contributed by atoms with E-state index in [-0.39, 0.29) is 43.6 Å². The number of anilines is 1. The van der Waals surface area contributed by atoms with Gasteiger partial charge in [-0.25, -0.2) is 9.78 Å². The zero-order valence-corrected chi connectivity index (χ0v) is 28.3. The number of unbranched alkanes of at least 4 members (excludes halogenated alkanes) is 1. The molecule has 2 aliphatic heterocycles. The first-order valence-electron chi connectivity index (χ1n) is 16.6. The Bertz CT molecular complexity index is 1370. The number of nitrogens with zero attached hydrogens (tertiary/aromatic N) is 4. The van der Waals surface area contributed by atoms with Gasteiger partial charge in [0.1, 0.15) is 17.3 Å². The summed E-state index contributed by atoms with van der Waals surface area (Å²) >= 11 is 0. The van der Waals surface area contributed by atoms with E-state index in [9.17, 15) is 19.2 Å². The van der Waals surface area contributed by atoms with Crippen LogP contribution in [-0.4, -0.2) is 109 Å². The number of carbonyl (C=O) groups excluding carboxylic acids is 4. The summed E-state index contributed by atoms with van der Waals surface area (Å²) in [4.78, 5) is 62.9. The minimum absolute atomic E-state index is 0.0473. The number of hydrogen-bond donors (Lipinski definition) is 1. The predicted octanol–water partition coefficient (Wildman–Crippen LogP) is 4.27. The molecule has 4 rings (SSSR count). The molecule has 12 nitrogen and oxygen atoms in total. The van der Waals surface area contributed by atoms with Gasteiger partial charge in [0.2, 0.25) is 5.91 Å². The Morgan fingerprint density at radius 2 is 1.70 bits per heavy atom. The van der Waals surface area contributed by atoms with Crippen molar-refractivity contribution in [3.63, 3.8) is 0 Å². The fourth-order valence-corrected chi connectivity index (χ4v) is 5.60. The van der Waals surface area contributed by atoms with Gasteiger partial charge < -0.3 is 34.2 Å². The van der Waals surface area contributed by atoms with E-state index in [1.54, 1.807) is 43.7 Å². The number of aromatic nitrogens is 1. The predicted molar refractivity (Wildman–Crippen MR) is 178 cm³/mol. The Kier molecular flexibility index (Phi) is 12.6. The van der Waals surface area contributed by atoms with Crippen LogP contribution >= 0.6 is 0 Å². The Labute approximate surface area is 277 Å². The number of pyridine rings is 1. The number of hydrogen-bond acceptors (Lipinski definition) is 9. The highest BCUT2D eigenvalue weighted by atomic mass is 16.6. The lowest BCUT2D eigenvalue weighted by Crippen LogP contribution is -2.56. The first kappa shape index (κ1) is 35.7. The molecular weight excluding hydrogens is 602 g/mol. The minimum Gasteiger partial charge on any atom is -0.460 e. The number of esters is 1. The minimum atomic E-state index is -1.01. The average molecular weight is 652 g/mol. The molecule has 47 heavy (non-hydrogen) atoms. The highest BCUT2D eigenvalue weighted by Crippen LogP contribution is 2.28. The third-order valence-electron chi connectivity index (χ3n) is 8.19. The Morgan fingerprint density at radius 3 is 2.34 bits per heavy atom. The maximum absolute atomic E-state index is 13.9. The molecule has 0 unspecified atom stereocenters. The van der Waals surface area contributed by atoms with E-state index in [1.165, 1.54) is 0 Å². The number of benzene rings is 1. The topological polar surface area (TPSA) is 131 Å². The highest BCUT2D eigenvalue weighted by molar-refractivity contribution is 5.97. The zero-order chi connectivity index (χ0) is 34.0. The van der Waals surface area contributed by atoms with Gasteiger partial charge >= 0.3 is 12.1 Å². The van der Waals surface area contributed by atoms with Crippen molar-refractivity contribution in [1.82, 2.24) is 20.1 Å². The molecule has 0 bridgehead atoms. The van der Waals surface area contributed by atoms with Crippen LogP contribution in [0.15, 0.2) is 42.5 Å². The molecule has 2 atom stereocenters. The summed E-state index contributed by atoms with van der Waals surface area (Å²) in [7, 11) is 1.70. The Balaban J connectivity index is 1.53. The van der Waals surface area contributed by atoms with E-state index in [0.717, 1.165) is 37.1 Å². The van der Waals surface area contributed by atoms with Gasteiger partial charge in [0.25, 0.3) is 5.91 Å². The summed E-state index contributed by atoms with van der Waals surface area (Å²) in [6.45, 7) is 10.4. The second kappa shape index (κ2) is 16.6. The second-order valence-electron chi connectivity index (χ2n) is 13.0. The molecule has 1 aromatic carbocycles. The van der Waals surface area contributed by atoms with Crippen LogP contribution in [0.4, 0.5) is 10.5 Å². The standard InChI is InChI=1S/C35H49N5O7/c1-6-7-21-46-34(44)39-19-17-38(18-20-39)33(43)28(13-14-31(41)47-35(2,3)4)37-32(42)30-23-26(40-16-15-27(24-40)45-5)22-29(36-30)25-11-9-8-10-12-25/h8-12,22-23,27-28H,6-7,13-21,24H2,1-5H3,(H,37,42)/t27-,28-/m0/s1. The number of rotatable bonds is 12. The molecule has 0 saturated carbocycles. The summed E-state index contributed by atoms with van der Waals surface area (Å²) in [5.74, 6) is -1.31. The summed E-state index contributed by atoms with van der Waals surface area (Å²) in [5.41, 5.74) is 1.80. The third-order valence-corrected chi connectivity index (χ3v) is 8.19. The number of amides is 3. The van der Waals surface area contributed by atoms with Gasteiger partial charge in [0, 0.05) is 64.0 Å². The molecule has 0 aliphatic carbocycles. The van der Waals surface area contributed by atoms with E-state index >= 15 is 0 Å². The lowest BCUT2D eigenvalue weighted by Gasteiger charge is -2.36. The van der Waals surface area contributed by atoms with Gasteiger partial charge in [-0.1, -0.05) is 43.7 Å². The molecular formula is C35H49N5O7. The number of ether oxygens (including phenoxy) is 3. The molecule has 3 amide bonds. The van der Waals surface area contributed by atoms with Crippen molar-refractivity contribution in [2.24, 2.45) is 0 Å². The summed E-state index contributed by atoms with van der Waals surface area (Å²) < 4.78 is 16.4. The number of nitrogens with one attached hydrogen (secondary N) is 1. The fourth-order valence-electron chi connectivity index (χ4n) is 5.60. The molecule has 0 spiro atoms. The van der Waals surface area contributed by atoms with Crippen LogP contribution in [0.25, 0.3) is 11.3 Å². The van der Waals surface area contributed by atoms with Gasteiger partial charge in [-0.15, -0.1) is 0 Å². The fraction of sp³-hybridized carbons (Fsp3) is 0.571. The maximum atomic E-state index is 13.9. The Hall–Kier alpha value is -4.19. The quantitative estimate of drug-likeness (QED) is 0.264. The average Bonchev–Trinajstić information content (AvgIpc) is 3.55. The van der Waals surface area contributed by atoms with Crippen molar-refractivity contribution < 1.29 is 33.4 Å². The Morgan fingerprint density at radius 1 is 1.00 bits per heavy atom. The number of methoxy groups -OCH3 is 1. The molecule has 3 heterocycles. The van der Waals surface area contributed by atoms with Crippen LogP contribution in [0.3, 0.4) is 0 Å². The lowest BCUT2D eigenvalue weighted by molar-refractivity contribution is -0.155. The van der Waals surface area contributed by atoms with Crippen LogP contribution in [0.5, 0.6) is 0 Å². The van der Waals surface area contributed by atoms with Crippen LogP contribution < -0.4 is 10.2 Å². The first-order chi connectivity index (χ1) is 22.5. The smallest absolute Gasteiger partial charge is 0.409 e. The molecule has 0 radical (unpaired) electrons. The first-order valence-corrected chi connectivity index (χ1v) is 16.6. The van der Waals surface area contributed by atoms with Crippen molar-refractivity contribution in [3.8, 4) is 11.3 Å². The lowest BCUT2D eigenvalue weighted by atomic mass is 10.1. The molecule has 2 aromatic rings. The van der Waals surface area contributed by atoms with Crippen molar-refractivity contribution in [3.05, 3.63) is 48.2 Å². The van der Waals surface area contributed by atoms with Crippen molar-refractivity contribution in [2.45, 2.75) is 77.5 Å². The van der Waals surface area contributed by atoms with Crippen LogP contribution in [-0.2, 0) is 23.8 Å². The summed E-state index contributed by atoms with van der Waals surface area (Å²) in [6.07, 6.45) is 2.26. The van der Waals surface area contributed by atoms with Gasteiger partial charge in [-0.3, -0.25) is 14.4 Å². The molecule has 1 aromatic heterocycles. The van der Waals surface area contributed by atoms with E-state index < -0.39 is 29.6 Å². The largest absolute Gasteiger partial charge is 0.460 e. The molecule has 256 valence electrons. The normalized spacial score (nSPS) is 17.3.